The first-order valence-electron chi connectivity index (χ1n) is 7.00. The van der Waals surface area contributed by atoms with Crippen molar-refractivity contribution in [1.82, 2.24) is 4.90 Å². The summed E-state index contributed by atoms with van der Waals surface area (Å²) in [7, 11) is 3.59. The number of likely N-dealkylation sites (N-methyl/N-ethyl adjacent to an activating group) is 1. The third-order valence-electron chi connectivity index (χ3n) is 3.24. The van der Waals surface area contributed by atoms with Gasteiger partial charge in [0.15, 0.2) is 0 Å². The Kier molecular flexibility index (Phi) is 5.94. The van der Waals surface area contributed by atoms with Gasteiger partial charge in [0.1, 0.15) is 11.6 Å². The van der Waals surface area contributed by atoms with Crippen LogP contribution in [0.5, 0.6) is 5.75 Å². The van der Waals surface area contributed by atoms with Gasteiger partial charge in [-0.05, 0) is 36.7 Å². The summed E-state index contributed by atoms with van der Waals surface area (Å²) in [4.78, 5) is 2.92. The minimum Gasteiger partial charge on any atom is -0.496 e. The third kappa shape index (κ3) is 4.30. The van der Waals surface area contributed by atoms with Crippen molar-refractivity contribution >= 4 is 22.9 Å². The lowest BCUT2D eigenvalue weighted by Crippen LogP contribution is -2.22. The van der Waals surface area contributed by atoms with Crippen LogP contribution in [0, 0.1) is 5.41 Å². The number of aliphatic hydroxyl groups excluding tert-OH is 1. The van der Waals surface area contributed by atoms with E-state index in [1.807, 2.05) is 47.7 Å². The van der Waals surface area contributed by atoms with Crippen LogP contribution in [0.2, 0.25) is 0 Å². The molecule has 1 aromatic carbocycles. The van der Waals surface area contributed by atoms with E-state index in [0.29, 0.717) is 18.9 Å². The number of methoxy groups -OCH3 is 1. The number of aliphatic hydroxyl groups is 1. The maximum atomic E-state index is 9.01. The molecule has 1 aromatic heterocycles. The average Bonchev–Trinajstić information content (AvgIpc) is 3.02. The van der Waals surface area contributed by atoms with E-state index in [1.165, 1.54) is 11.3 Å². The lowest BCUT2D eigenvalue weighted by Gasteiger charge is -2.18. The molecule has 118 valence electrons. The largest absolute Gasteiger partial charge is 0.496 e. The van der Waals surface area contributed by atoms with Gasteiger partial charge in [0.25, 0.3) is 0 Å². The van der Waals surface area contributed by atoms with Gasteiger partial charge in [0.05, 0.1) is 18.6 Å². The lowest BCUT2D eigenvalue weighted by atomic mass is 10.1. The molecule has 2 rings (SSSR count). The molecule has 0 unspecified atom stereocenters. The highest BCUT2D eigenvalue weighted by Gasteiger charge is 2.09. The average molecular weight is 319 g/mol. The Hall–Kier alpha value is -1.89. The van der Waals surface area contributed by atoms with Gasteiger partial charge < -0.3 is 15.2 Å². The van der Waals surface area contributed by atoms with E-state index in [1.54, 1.807) is 7.11 Å². The SMILES string of the molecule is COc1ccc(NC(=N)c2cccs2)cc1CN(C)CCO. The van der Waals surface area contributed by atoms with Crippen LogP contribution in [0.25, 0.3) is 0 Å². The summed E-state index contributed by atoms with van der Waals surface area (Å²) in [5, 5.41) is 22.2. The fraction of sp³-hybridized carbons (Fsp3) is 0.312. The molecule has 0 saturated heterocycles. The molecule has 0 fully saturated rings. The summed E-state index contributed by atoms with van der Waals surface area (Å²) < 4.78 is 5.39. The summed E-state index contributed by atoms with van der Waals surface area (Å²) in [6.45, 7) is 1.40. The first-order chi connectivity index (χ1) is 10.6. The molecule has 0 aliphatic heterocycles. The van der Waals surface area contributed by atoms with E-state index in [4.69, 9.17) is 15.3 Å². The van der Waals surface area contributed by atoms with Crippen molar-refractivity contribution in [2.75, 3.05) is 32.6 Å². The summed E-state index contributed by atoms with van der Waals surface area (Å²) in [6.07, 6.45) is 0. The molecule has 0 amide bonds. The van der Waals surface area contributed by atoms with Crippen molar-refractivity contribution in [3.63, 3.8) is 0 Å². The van der Waals surface area contributed by atoms with Crippen LogP contribution in [0.15, 0.2) is 35.7 Å². The quantitative estimate of drug-likeness (QED) is 0.542. The molecule has 5 nitrogen and oxygen atoms in total. The third-order valence-corrected chi connectivity index (χ3v) is 4.13. The van der Waals surface area contributed by atoms with Crippen molar-refractivity contribution in [3.05, 3.63) is 46.2 Å². The highest BCUT2D eigenvalue weighted by molar-refractivity contribution is 7.12. The Labute approximate surface area is 134 Å². The van der Waals surface area contributed by atoms with Gasteiger partial charge in [-0.1, -0.05) is 6.07 Å². The Morgan fingerprint density at radius 3 is 2.86 bits per heavy atom. The smallest absolute Gasteiger partial charge is 0.140 e. The summed E-state index contributed by atoms with van der Waals surface area (Å²) in [5.41, 5.74) is 1.87. The molecule has 0 aliphatic carbocycles. The van der Waals surface area contributed by atoms with Gasteiger partial charge in [-0.3, -0.25) is 10.3 Å². The molecule has 0 radical (unpaired) electrons. The first-order valence-corrected chi connectivity index (χ1v) is 7.87. The molecule has 2 aromatic rings. The number of anilines is 1. The van der Waals surface area contributed by atoms with Crippen molar-refractivity contribution in [1.29, 1.82) is 5.41 Å². The highest BCUT2D eigenvalue weighted by Crippen LogP contribution is 2.24. The van der Waals surface area contributed by atoms with Crippen LogP contribution < -0.4 is 10.1 Å². The number of ether oxygens (including phenoxy) is 1. The number of benzene rings is 1. The fourth-order valence-electron chi connectivity index (χ4n) is 2.15. The van der Waals surface area contributed by atoms with Gasteiger partial charge in [-0.15, -0.1) is 11.3 Å². The minimum atomic E-state index is 0.125. The second-order valence-corrected chi connectivity index (χ2v) is 5.91. The molecule has 0 saturated carbocycles. The number of amidine groups is 1. The predicted molar refractivity (Wildman–Crippen MR) is 91.2 cm³/mol. The van der Waals surface area contributed by atoms with Gasteiger partial charge in [0.2, 0.25) is 0 Å². The monoisotopic (exact) mass is 319 g/mol. The van der Waals surface area contributed by atoms with Crippen LogP contribution in [0.3, 0.4) is 0 Å². The van der Waals surface area contributed by atoms with Crippen molar-refractivity contribution in [3.8, 4) is 5.75 Å². The number of nitrogens with one attached hydrogen (secondary N) is 2. The maximum absolute atomic E-state index is 9.01. The Bertz CT molecular complexity index is 614. The van der Waals surface area contributed by atoms with Crippen LogP contribution in [-0.2, 0) is 6.54 Å². The van der Waals surface area contributed by atoms with E-state index in [-0.39, 0.29) is 6.61 Å². The van der Waals surface area contributed by atoms with E-state index in [0.717, 1.165) is 21.9 Å². The predicted octanol–water partition coefficient (Wildman–Crippen LogP) is 2.62. The van der Waals surface area contributed by atoms with Gasteiger partial charge in [0, 0.05) is 24.3 Å². The Balaban J connectivity index is 2.14. The van der Waals surface area contributed by atoms with Crippen LogP contribution in [0.4, 0.5) is 5.69 Å². The zero-order valence-electron chi connectivity index (χ0n) is 12.8. The number of rotatable bonds is 7. The molecule has 22 heavy (non-hydrogen) atoms. The van der Waals surface area contributed by atoms with E-state index in [2.05, 4.69) is 5.32 Å². The molecular weight excluding hydrogens is 298 g/mol. The van der Waals surface area contributed by atoms with Crippen LogP contribution >= 0.6 is 11.3 Å². The number of hydrogen-bond donors (Lipinski definition) is 3. The van der Waals surface area contributed by atoms with E-state index >= 15 is 0 Å². The lowest BCUT2D eigenvalue weighted by molar-refractivity contribution is 0.216. The van der Waals surface area contributed by atoms with Crippen molar-refractivity contribution in [2.45, 2.75) is 6.54 Å². The highest BCUT2D eigenvalue weighted by atomic mass is 32.1. The number of hydrogen-bond acceptors (Lipinski definition) is 5. The summed E-state index contributed by atoms with van der Waals surface area (Å²) >= 11 is 1.53. The minimum absolute atomic E-state index is 0.125. The maximum Gasteiger partial charge on any atom is 0.140 e. The molecule has 0 aliphatic rings. The van der Waals surface area contributed by atoms with Gasteiger partial charge in [-0.2, -0.15) is 0 Å². The van der Waals surface area contributed by atoms with Crippen molar-refractivity contribution in [2.24, 2.45) is 0 Å². The van der Waals surface area contributed by atoms with Gasteiger partial charge >= 0.3 is 0 Å². The summed E-state index contributed by atoms with van der Waals surface area (Å²) in [6, 6.07) is 9.62. The second-order valence-electron chi connectivity index (χ2n) is 4.97. The number of thiophene rings is 1. The molecule has 3 N–H and O–H groups in total. The molecule has 6 heteroatoms. The molecular formula is C16H21N3O2S. The van der Waals surface area contributed by atoms with Crippen molar-refractivity contribution < 1.29 is 9.84 Å². The van der Waals surface area contributed by atoms with Crippen LogP contribution in [0.1, 0.15) is 10.4 Å². The summed E-state index contributed by atoms with van der Waals surface area (Å²) in [5.74, 6) is 1.19. The second kappa shape index (κ2) is 7.93. The fourth-order valence-corrected chi connectivity index (χ4v) is 2.78. The Morgan fingerprint density at radius 1 is 1.41 bits per heavy atom. The van der Waals surface area contributed by atoms with E-state index in [9.17, 15) is 0 Å². The normalized spacial score (nSPS) is 10.7. The van der Waals surface area contributed by atoms with Gasteiger partial charge in [-0.25, -0.2) is 0 Å². The molecule has 0 spiro atoms. The zero-order valence-corrected chi connectivity index (χ0v) is 13.6. The zero-order chi connectivity index (χ0) is 15.9. The molecule has 0 atom stereocenters. The Morgan fingerprint density at radius 2 is 2.23 bits per heavy atom. The topological polar surface area (TPSA) is 68.6 Å². The van der Waals surface area contributed by atoms with E-state index < -0.39 is 0 Å². The van der Waals surface area contributed by atoms with Crippen LogP contribution in [-0.4, -0.2) is 43.2 Å². The molecule has 0 bridgehead atoms. The molecule has 1 heterocycles. The first kappa shape index (κ1) is 16.5. The standard InChI is InChI=1S/C16H21N3O2S/c1-19(7-8-20)11-12-10-13(5-6-14(12)21-2)18-16(17)15-4-3-9-22-15/h3-6,9-10,20H,7-8,11H2,1-2H3,(H2,17,18). The number of nitrogens with zero attached hydrogens (tertiary/aromatic N) is 1.